The first-order valence-electron chi connectivity index (χ1n) is 9.25. The van der Waals surface area contributed by atoms with Crippen LogP contribution in [0.4, 0.5) is 10.5 Å². The Hall–Kier alpha value is -3.90. The van der Waals surface area contributed by atoms with Crippen LogP contribution in [-0.2, 0) is 12.8 Å². The van der Waals surface area contributed by atoms with Crippen LogP contribution in [0, 0.1) is 11.3 Å². The second-order valence-corrected chi connectivity index (χ2v) is 6.40. The number of anilines is 1. The second-order valence-electron chi connectivity index (χ2n) is 6.40. The number of urea groups is 1. The quantitative estimate of drug-likeness (QED) is 0.522. The van der Waals surface area contributed by atoms with E-state index in [1.807, 2.05) is 30.3 Å². The molecule has 0 fully saturated rings. The molecule has 0 saturated carbocycles. The Kier molecular flexibility index (Phi) is 6.97. The van der Waals surface area contributed by atoms with Crippen molar-refractivity contribution in [3.63, 3.8) is 0 Å². The fourth-order valence-corrected chi connectivity index (χ4v) is 2.75. The van der Waals surface area contributed by atoms with Crippen molar-refractivity contribution in [1.29, 1.82) is 5.26 Å². The molecular weight excluding hydrogens is 386 g/mol. The third-order valence-corrected chi connectivity index (χ3v) is 4.28. The Morgan fingerprint density at radius 2 is 1.93 bits per heavy atom. The third kappa shape index (κ3) is 5.56. The van der Waals surface area contributed by atoms with Gasteiger partial charge in [-0.1, -0.05) is 12.1 Å². The van der Waals surface area contributed by atoms with Crippen molar-refractivity contribution in [2.24, 2.45) is 0 Å². The third-order valence-electron chi connectivity index (χ3n) is 4.28. The molecule has 1 unspecified atom stereocenters. The summed E-state index contributed by atoms with van der Waals surface area (Å²) in [4.78, 5) is 12.5. The van der Waals surface area contributed by atoms with Crippen LogP contribution < -0.4 is 15.4 Å². The summed E-state index contributed by atoms with van der Waals surface area (Å²) in [7, 11) is 1.59. The molecule has 3 rings (SSSR count). The Balaban J connectivity index is 1.74. The summed E-state index contributed by atoms with van der Waals surface area (Å²) in [6.07, 6.45) is 0.644. The zero-order valence-corrected chi connectivity index (χ0v) is 16.3. The van der Waals surface area contributed by atoms with Crippen molar-refractivity contribution < 1.29 is 19.1 Å². The lowest BCUT2D eigenvalue weighted by Gasteiger charge is -2.16. The molecule has 9 heteroatoms. The molecule has 0 radical (unpaired) electrons. The van der Waals surface area contributed by atoms with Crippen molar-refractivity contribution in [1.82, 2.24) is 15.5 Å². The van der Waals surface area contributed by atoms with E-state index < -0.39 is 12.1 Å². The maximum Gasteiger partial charge on any atom is 0.319 e. The van der Waals surface area contributed by atoms with Gasteiger partial charge in [-0.2, -0.15) is 5.26 Å². The fourth-order valence-electron chi connectivity index (χ4n) is 2.75. The SMILES string of the molecule is COc1ccc(CC(NC(=O)Nc2ccc(C#N)cc2)c2nnc(CCO)o2)cc1. The summed E-state index contributed by atoms with van der Waals surface area (Å²) in [6, 6.07) is 14.9. The predicted molar refractivity (Wildman–Crippen MR) is 108 cm³/mol. The molecule has 0 aliphatic carbocycles. The van der Waals surface area contributed by atoms with Gasteiger partial charge in [0.2, 0.25) is 11.8 Å². The molecule has 1 atom stereocenters. The Morgan fingerprint density at radius 3 is 2.57 bits per heavy atom. The number of rotatable bonds is 8. The maximum absolute atomic E-state index is 12.5. The van der Waals surface area contributed by atoms with Crippen LogP contribution in [-0.4, -0.2) is 35.1 Å². The molecule has 0 bridgehead atoms. The highest BCUT2D eigenvalue weighted by atomic mass is 16.5. The number of carbonyl (C=O) groups excluding carboxylic acids is 1. The van der Waals surface area contributed by atoms with Gasteiger partial charge in [0.1, 0.15) is 11.8 Å². The predicted octanol–water partition coefficient (Wildman–Crippen LogP) is 2.59. The maximum atomic E-state index is 12.5. The smallest absolute Gasteiger partial charge is 0.319 e. The number of aliphatic hydroxyl groups is 1. The van der Waals surface area contributed by atoms with E-state index in [0.29, 0.717) is 23.6 Å². The highest BCUT2D eigenvalue weighted by molar-refractivity contribution is 5.89. The van der Waals surface area contributed by atoms with Crippen LogP contribution in [0.15, 0.2) is 52.9 Å². The molecule has 30 heavy (non-hydrogen) atoms. The molecule has 154 valence electrons. The van der Waals surface area contributed by atoms with Gasteiger partial charge in [0.15, 0.2) is 0 Å². The van der Waals surface area contributed by atoms with E-state index in [1.165, 1.54) is 0 Å². The lowest BCUT2D eigenvalue weighted by atomic mass is 10.1. The van der Waals surface area contributed by atoms with E-state index >= 15 is 0 Å². The Morgan fingerprint density at radius 1 is 1.20 bits per heavy atom. The average molecular weight is 407 g/mol. The summed E-state index contributed by atoms with van der Waals surface area (Å²) >= 11 is 0. The second kappa shape index (κ2) is 10.0. The van der Waals surface area contributed by atoms with Crippen LogP contribution in [0.1, 0.15) is 29.0 Å². The number of aliphatic hydroxyl groups excluding tert-OH is 1. The summed E-state index contributed by atoms with van der Waals surface area (Å²) in [5.41, 5.74) is 1.98. The van der Waals surface area contributed by atoms with E-state index in [-0.39, 0.29) is 18.9 Å². The molecule has 0 spiro atoms. The number of methoxy groups -OCH3 is 1. The molecule has 2 amide bonds. The monoisotopic (exact) mass is 407 g/mol. The molecule has 1 aromatic heterocycles. The number of benzene rings is 2. The Labute approximate surface area is 173 Å². The summed E-state index contributed by atoms with van der Waals surface area (Å²) in [5, 5.41) is 31.4. The highest BCUT2D eigenvalue weighted by Crippen LogP contribution is 2.20. The minimum absolute atomic E-state index is 0.114. The number of nitrogens with one attached hydrogen (secondary N) is 2. The van der Waals surface area contributed by atoms with Gasteiger partial charge in [0.05, 0.1) is 25.3 Å². The fraction of sp³-hybridized carbons (Fsp3) is 0.238. The summed E-state index contributed by atoms with van der Waals surface area (Å²) in [5.74, 6) is 1.26. The first-order chi connectivity index (χ1) is 14.6. The van der Waals surface area contributed by atoms with Gasteiger partial charge in [0, 0.05) is 18.5 Å². The molecule has 0 aliphatic heterocycles. The van der Waals surface area contributed by atoms with E-state index in [9.17, 15) is 4.79 Å². The number of hydrogen-bond acceptors (Lipinski definition) is 7. The van der Waals surface area contributed by atoms with Crippen LogP contribution in [0.2, 0.25) is 0 Å². The normalized spacial score (nSPS) is 11.4. The minimum atomic E-state index is -0.586. The van der Waals surface area contributed by atoms with Crippen molar-refractivity contribution in [3.05, 3.63) is 71.4 Å². The first-order valence-corrected chi connectivity index (χ1v) is 9.25. The molecule has 0 saturated heterocycles. The Bertz CT molecular complexity index is 1010. The number of carbonyl (C=O) groups is 1. The molecule has 3 N–H and O–H groups in total. The van der Waals surface area contributed by atoms with Gasteiger partial charge < -0.3 is 24.9 Å². The van der Waals surface area contributed by atoms with E-state index in [1.54, 1.807) is 31.4 Å². The van der Waals surface area contributed by atoms with E-state index in [2.05, 4.69) is 20.8 Å². The van der Waals surface area contributed by atoms with Gasteiger partial charge in [-0.25, -0.2) is 4.79 Å². The minimum Gasteiger partial charge on any atom is -0.497 e. The van der Waals surface area contributed by atoms with Crippen LogP contribution in [0.3, 0.4) is 0 Å². The van der Waals surface area contributed by atoms with Crippen LogP contribution >= 0.6 is 0 Å². The summed E-state index contributed by atoms with van der Waals surface area (Å²) < 4.78 is 10.8. The highest BCUT2D eigenvalue weighted by Gasteiger charge is 2.22. The molecule has 2 aromatic carbocycles. The standard InChI is InChI=1S/C21H21N5O4/c1-29-17-8-4-14(5-9-17)12-18(20-26-25-19(30-20)10-11-27)24-21(28)23-16-6-2-15(13-22)3-7-16/h2-9,18,27H,10-12H2,1H3,(H2,23,24,28). The molecule has 1 heterocycles. The largest absolute Gasteiger partial charge is 0.497 e. The number of ether oxygens (including phenoxy) is 1. The first kappa shape index (κ1) is 20.8. The van der Waals surface area contributed by atoms with Gasteiger partial charge in [-0.05, 0) is 42.0 Å². The van der Waals surface area contributed by atoms with Crippen LogP contribution in [0.25, 0.3) is 0 Å². The lowest BCUT2D eigenvalue weighted by molar-refractivity contribution is 0.244. The summed E-state index contributed by atoms with van der Waals surface area (Å²) in [6.45, 7) is -0.114. The number of hydrogen-bond donors (Lipinski definition) is 3. The van der Waals surface area contributed by atoms with E-state index in [4.69, 9.17) is 19.5 Å². The number of nitriles is 1. The van der Waals surface area contributed by atoms with Gasteiger partial charge in [0.25, 0.3) is 0 Å². The number of aromatic nitrogens is 2. The average Bonchev–Trinajstić information content (AvgIpc) is 3.23. The zero-order chi connectivity index (χ0) is 21.3. The molecular formula is C21H21N5O4. The van der Waals surface area contributed by atoms with Crippen molar-refractivity contribution in [2.75, 3.05) is 19.0 Å². The number of nitrogens with zero attached hydrogens (tertiary/aromatic N) is 3. The van der Waals surface area contributed by atoms with Crippen molar-refractivity contribution >= 4 is 11.7 Å². The van der Waals surface area contributed by atoms with Crippen molar-refractivity contribution in [3.8, 4) is 11.8 Å². The topological polar surface area (TPSA) is 133 Å². The van der Waals surface area contributed by atoms with Gasteiger partial charge in [-0.15, -0.1) is 10.2 Å². The van der Waals surface area contributed by atoms with Crippen molar-refractivity contribution in [2.45, 2.75) is 18.9 Å². The van der Waals surface area contributed by atoms with Gasteiger partial charge in [-0.3, -0.25) is 0 Å². The lowest BCUT2D eigenvalue weighted by Crippen LogP contribution is -2.34. The van der Waals surface area contributed by atoms with E-state index in [0.717, 1.165) is 11.3 Å². The molecule has 0 aliphatic rings. The molecule has 3 aromatic rings. The van der Waals surface area contributed by atoms with Crippen LogP contribution in [0.5, 0.6) is 5.75 Å². The number of amides is 2. The van der Waals surface area contributed by atoms with Gasteiger partial charge >= 0.3 is 6.03 Å². The molecule has 9 nitrogen and oxygen atoms in total. The zero-order valence-electron chi connectivity index (χ0n) is 16.3.